The monoisotopic (exact) mass is 340 g/mol. The second-order valence-corrected chi connectivity index (χ2v) is 6.03. The Kier molecular flexibility index (Phi) is 4.92. The van der Waals surface area contributed by atoms with Crippen molar-refractivity contribution in [1.29, 1.82) is 0 Å². The Morgan fingerprint density at radius 3 is 2.43 bits per heavy atom. The molecule has 9 heteroatoms. The highest BCUT2D eigenvalue weighted by atomic mass is 32.2. The van der Waals surface area contributed by atoms with Crippen LogP contribution in [0.4, 0.5) is 0 Å². The number of hydrogen-bond acceptors (Lipinski definition) is 6. The van der Waals surface area contributed by atoms with Gasteiger partial charge in [-0.3, -0.25) is 4.79 Å². The molecule has 23 heavy (non-hydrogen) atoms. The Morgan fingerprint density at radius 1 is 1.17 bits per heavy atom. The van der Waals surface area contributed by atoms with Crippen LogP contribution in [-0.4, -0.2) is 28.5 Å². The van der Waals surface area contributed by atoms with Crippen LogP contribution in [0, 0.1) is 0 Å². The summed E-state index contributed by atoms with van der Waals surface area (Å²) in [7, 11) is -0.938. The molecule has 8 nitrogen and oxygen atoms in total. The van der Waals surface area contributed by atoms with E-state index in [1.54, 1.807) is 18.2 Å². The molecule has 2 rings (SSSR count). The van der Waals surface area contributed by atoms with Gasteiger partial charge >= 0.3 is 0 Å². The number of carbonyl (C=O) groups excluding carboxylic acids is 1. The normalized spacial score (nSPS) is 11.1. The quantitative estimate of drug-likeness (QED) is 0.805. The van der Waals surface area contributed by atoms with Gasteiger partial charge in [0.1, 0.15) is 0 Å². The lowest BCUT2D eigenvalue weighted by Crippen LogP contribution is -2.22. The van der Waals surface area contributed by atoms with Gasteiger partial charge < -0.3 is 19.2 Å². The van der Waals surface area contributed by atoms with E-state index in [1.807, 2.05) is 0 Å². The number of primary sulfonamides is 1. The Balaban J connectivity index is 2.06. The van der Waals surface area contributed by atoms with Gasteiger partial charge in [0, 0.05) is 6.54 Å². The molecule has 0 unspecified atom stereocenters. The number of sulfonamides is 1. The first-order chi connectivity index (χ1) is 10.8. The van der Waals surface area contributed by atoms with Gasteiger partial charge in [-0.25, -0.2) is 13.6 Å². The summed E-state index contributed by atoms with van der Waals surface area (Å²) in [5.74, 6) is 0.407. The SMILES string of the molecule is COc1ccc(CNC(=O)c2ccc(S(N)(=O)=O)o2)cc1OC. The molecule has 0 fully saturated rings. The number of hydrogen-bond donors (Lipinski definition) is 2. The van der Waals surface area contributed by atoms with Gasteiger partial charge in [-0.15, -0.1) is 0 Å². The van der Waals surface area contributed by atoms with Crippen molar-refractivity contribution in [2.75, 3.05) is 14.2 Å². The third-order valence-electron chi connectivity index (χ3n) is 2.99. The molecule has 1 aromatic heterocycles. The second kappa shape index (κ2) is 6.71. The second-order valence-electron chi connectivity index (χ2n) is 4.54. The van der Waals surface area contributed by atoms with E-state index < -0.39 is 21.0 Å². The zero-order chi connectivity index (χ0) is 17.0. The summed E-state index contributed by atoms with van der Waals surface area (Å²) < 4.78 is 37.4. The molecule has 2 aromatic rings. The minimum absolute atomic E-state index is 0.144. The van der Waals surface area contributed by atoms with Crippen molar-refractivity contribution >= 4 is 15.9 Å². The van der Waals surface area contributed by atoms with E-state index in [0.717, 1.165) is 11.6 Å². The van der Waals surface area contributed by atoms with Crippen molar-refractivity contribution in [2.24, 2.45) is 5.14 Å². The van der Waals surface area contributed by atoms with Crippen molar-refractivity contribution in [2.45, 2.75) is 11.6 Å². The number of carbonyl (C=O) groups is 1. The van der Waals surface area contributed by atoms with Crippen LogP contribution in [0.2, 0.25) is 0 Å². The van der Waals surface area contributed by atoms with Gasteiger partial charge in [0.25, 0.3) is 15.9 Å². The van der Waals surface area contributed by atoms with Crippen LogP contribution < -0.4 is 19.9 Å². The Labute approximate surface area is 133 Å². The lowest BCUT2D eigenvalue weighted by Gasteiger charge is -2.10. The Hall–Kier alpha value is -2.52. The molecular weight excluding hydrogens is 324 g/mol. The summed E-state index contributed by atoms with van der Waals surface area (Å²) in [6, 6.07) is 7.56. The molecule has 3 N–H and O–H groups in total. The minimum atomic E-state index is -3.98. The van der Waals surface area contributed by atoms with Crippen molar-refractivity contribution in [3.8, 4) is 11.5 Å². The summed E-state index contributed by atoms with van der Waals surface area (Å²) in [5, 5.41) is 7.06. The fourth-order valence-corrected chi connectivity index (χ4v) is 2.32. The molecule has 1 amide bonds. The van der Waals surface area contributed by atoms with E-state index in [1.165, 1.54) is 20.3 Å². The largest absolute Gasteiger partial charge is 0.493 e. The standard InChI is InChI=1S/C14H16N2O6S/c1-20-10-4-3-9(7-12(10)21-2)8-16-14(17)11-5-6-13(22-11)23(15,18)19/h3-7H,8H2,1-2H3,(H,16,17)(H2,15,18,19). The average molecular weight is 340 g/mol. The maximum atomic E-state index is 11.9. The molecule has 0 saturated carbocycles. The maximum absolute atomic E-state index is 11.9. The number of benzene rings is 1. The summed E-state index contributed by atoms with van der Waals surface area (Å²) >= 11 is 0. The molecular formula is C14H16N2O6S. The highest BCUT2D eigenvalue weighted by Gasteiger charge is 2.17. The smallest absolute Gasteiger partial charge is 0.287 e. The lowest BCUT2D eigenvalue weighted by atomic mass is 10.2. The van der Waals surface area contributed by atoms with Crippen molar-refractivity contribution in [3.05, 3.63) is 41.7 Å². The molecule has 0 saturated heterocycles. The number of rotatable bonds is 6. The number of furan rings is 1. The van der Waals surface area contributed by atoms with Gasteiger partial charge in [-0.05, 0) is 29.8 Å². The predicted molar refractivity (Wildman–Crippen MR) is 80.8 cm³/mol. The van der Waals surface area contributed by atoms with Gasteiger partial charge in [0.15, 0.2) is 17.3 Å². The van der Waals surface area contributed by atoms with Gasteiger partial charge in [-0.1, -0.05) is 6.07 Å². The fourth-order valence-electron chi connectivity index (χ4n) is 1.86. The molecule has 124 valence electrons. The fraction of sp³-hybridized carbons (Fsp3) is 0.214. The highest BCUT2D eigenvalue weighted by molar-refractivity contribution is 7.89. The summed E-state index contributed by atoms with van der Waals surface area (Å²) in [5.41, 5.74) is 0.772. The van der Waals surface area contributed by atoms with Gasteiger partial charge in [0.2, 0.25) is 5.09 Å². The highest BCUT2D eigenvalue weighted by Crippen LogP contribution is 2.27. The Bertz CT molecular complexity index is 812. The van der Waals surface area contributed by atoms with Crippen LogP contribution >= 0.6 is 0 Å². The lowest BCUT2D eigenvalue weighted by molar-refractivity contribution is 0.0918. The van der Waals surface area contributed by atoms with Crippen LogP contribution in [0.25, 0.3) is 0 Å². The molecule has 1 heterocycles. The zero-order valence-corrected chi connectivity index (χ0v) is 13.3. The number of nitrogens with one attached hydrogen (secondary N) is 1. The summed E-state index contributed by atoms with van der Waals surface area (Å²) in [6.45, 7) is 0.199. The summed E-state index contributed by atoms with van der Waals surface area (Å²) in [6.07, 6.45) is 0. The topological polar surface area (TPSA) is 121 Å². The molecule has 0 aliphatic carbocycles. The molecule has 0 spiro atoms. The first-order valence-electron chi connectivity index (χ1n) is 6.47. The van der Waals surface area contributed by atoms with Crippen LogP contribution in [0.15, 0.2) is 39.8 Å². The molecule has 1 aromatic carbocycles. The van der Waals surface area contributed by atoms with Crippen LogP contribution in [-0.2, 0) is 16.6 Å². The van der Waals surface area contributed by atoms with E-state index in [0.29, 0.717) is 11.5 Å². The van der Waals surface area contributed by atoms with E-state index >= 15 is 0 Å². The van der Waals surface area contributed by atoms with Crippen molar-refractivity contribution < 1.29 is 27.1 Å². The van der Waals surface area contributed by atoms with E-state index in [9.17, 15) is 13.2 Å². The number of ether oxygens (including phenoxy) is 2. The first kappa shape index (κ1) is 16.8. The molecule has 0 radical (unpaired) electrons. The van der Waals surface area contributed by atoms with E-state index in [4.69, 9.17) is 19.0 Å². The molecule has 0 aliphatic rings. The van der Waals surface area contributed by atoms with Crippen molar-refractivity contribution in [3.63, 3.8) is 0 Å². The maximum Gasteiger partial charge on any atom is 0.287 e. The third kappa shape index (κ3) is 4.02. The third-order valence-corrected chi connectivity index (χ3v) is 3.77. The number of methoxy groups -OCH3 is 2. The average Bonchev–Trinajstić information content (AvgIpc) is 3.02. The first-order valence-corrected chi connectivity index (χ1v) is 8.01. The van der Waals surface area contributed by atoms with Crippen molar-refractivity contribution in [1.82, 2.24) is 5.32 Å². The van der Waals surface area contributed by atoms with E-state index in [-0.39, 0.29) is 12.3 Å². The predicted octanol–water partition coefficient (Wildman–Crippen LogP) is 0.874. The summed E-state index contributed by atoms with van der Waals surface area (Å²) in [4.78, 5) is 11.9. The zero-order valence-electron chi connectivity index (χ0n) is 12.5. The number of amides is 1. The van der Waals surface area contributed by atoms with Gasteiger partial charge in [-0.2, -0.15) is 0 Å². The van der Waals surface area contributed by atoms with Crippen LogP contribution in [0.1, 0.15) is 16.1 Å². The van der Waals surface area contributed by atoms with Gasteiger partial charge in [0.05, 0.1) is 14.2 Å². The molecule has 0 atom stereocenters. The molecule has 0 aliphatic heterocycles. The number of nitrogens with two attached hydrogens (primary N) is 1. The minimum Gasteiger partial charge on any atom is -0.493 e. The van der Waals surface area contributed by atoms with Crippen LogP contribution in [0.3, 0.4) is 0 Å². The Morgan fingerprint density at radius 2 is 1.87 bits per heavy atom. The molecule has 0 bridgehead atoms. The van der Waals surface area contributed by atoms with E-state index in [2.05, 4.69) is 5.32 Å². The van der Waals surface area contributed by atoms with Crippen LogP contribution in [0.5, 0.6) is 11.5 Å².